The monoisotopic (exact) mass is 428 g/mol. The van der Waals surface area contributed by atoms with Crippen LogP contribution in [0, 0.1) is 0 Å². The van der Waals surface area contributed by atoms with Crippen LogP contribution in [0.4, 0.5) is 0 Å². The van der Waals surface area contributed by atoms with Gasteiger partial charge in [-0.2, -0.15) is 0 Å². The zero-order valence-electron chi connectivity index (χ0n) is 16.4. The van der Waals surface area contributed by atoms with Crippen molar-refractivity contribution in [2.24, 2.45) is 0 Å². The summed E-state index contributed by atoms with van der Waals surface area (Å²) >= 11 is 2.37. The third-order valence-electron chi connectivity index (χ3n) is 3.56. The van der Waals surface area contributed by atoms with E-state index in [1.54, 1.807) is 0 Å². The van der Waals surface area contributed by atoms with Crippen LogP contribution in [0.1, 0.15) is 65.2 Å². The van der Waals surface area contributed by atoms with Crippen LogP contribution in [0.25, 0.3) is 0 Å². The highest BCUT2D eigenvalue weighted by atomic mass is 32.2. The molecule has 0 aliphatic heterocycles. The van der Waals surface area contributed by atoms with Crippen molar-refractivity contribution in [3.8, 4) is 0 Å². The average Bonchev–Trinajstić information content (AvgIpc) is 2.64. The summed E-state index contributed by atoms with van der Waals surface area (Å²) in [7, 11) is -1.10. The summed E-state index contributed by atoms with van der Waals surface area (Å²) in [5.41, 5.74) is 0. The molecule has 0 heterocycles. The van der Waals surface area contributed by atoms with E-state index in [2.05, 4.69) is 13.8 Å². The fourth-order valence-corrected chi connectivity index (χ4v) is 4.84. The van der Waals surface area contributed by atoms with E-state index in [9.17, 15) is 14.2 Å². The summed E-state index contributed by atoms with van der Waals surface area (Å²) in [4.78, 5) is 24.1. The van der Waals surface area contributed by atoms with Gasteiger partial charge in [-0.3, -0.25) is 23.2 Å². The summed E-state index contributed by atoms with van der Waals surface area (Å²) < 4.78 is 26.8. The maximum atomic E-state index is 12.1. The topological polar surface area (TPSA) is 78.9 Å². The Labute approximate surface area is 166 Å². The molecule has 154 valence electrons. The van der Waals surface area contributed by atoms with Gasteiger partial charge in [0.2, 0.25) is 0 Å². The minimum absolute atomic E-state index is 0.0262. The maximum Gasteiger partial charge on any atom is 0.474 e. The molecule has 0 aromatic heterocycles. The van der Waals surface area contributed by atoms with Crippen LogP contribution in [0.5, 0.6) is 0 Å². The normalized spacial score (nSPS) is 12.9. The molecule has 0 aromatic rings. The molecule has 0 spiro atoms. The Morgan fingerprint density at radius 3 is 1.96 bits per heavy atom. The van der Waals surface area contributed by atoms with Crippen LogP contribution in [0.3, 0.4) is 0 Å². The van der Waals surface area contributed by atoms with Gasteiger partial charge in [0.25, 0.3) is 0 Å². The fourth-order valence-electron chi connectivity index (χ4n) is 2.01. The van der Waals surface area contributed by atoms with Crippen LogP contribution < -0.4 is 0 Å². The van der Waals surface area contributed by atoms with Crippen molar-refractivity contribution in [3.63, 3.8) is 0 Å². The van der Waals surface area contributed by atoms with Crippen LogP contribution in [-0.2, 0) is 27.7 Å². The molecule has 0 unspecified atom stereocenters. The second-order valence-corrected chi connectivity index (χ2v) is 10.1. The number of phosphoric acid groups is 1. The molecule has 0 saturated carbocycles. The maximum absolute atomic E-state index is 12.1. The van der Waals surface area contributed by atoms with E-state index in [-0.39, 0.29) is 22.1 Å². The standard InChI is InChI=1S/C17H33O6PS2/c1-5-7-9-11-16(18)25-14-15(13-23-24(20,21-3)22-4)26-17(19)12-10-8-6-2/h15H,5-14H2,1-4H3/t15-/m0/s1. The van der Waals surface area contributed by atoms with Crippen LogP contribution in [0.2, 0.25) is 0 Å². The highest BCUT2D eigenvalue weighted by molar-refractivity contribution is 8.17. The van der Waals surface area contributed by atoms with E-state index in [1.165, 1.54) is 26.0 Å². The first kappa shape index (κ1) is 26.1. The molecular formula is C17H33O6PS2. The van der Waals surface area contributed by atoms with Crippen molar-refractivity contribution in [2.45, 2.75) is 70.5 Å². The minimum atomic E-state index is -3.59. The summed E-state index contributed by atoms with van der Waals surface area (Å²) in [5, 5.41) is -0.0947. The molecule has 0 aliphatic carbocycles. The third kappa shape index (κ3) is 13.3. The van der Waals surface area contributed by atoms with E-state index in [1.807, 2.05) is 0 Å². The molecule has 0 aliphatic rings. The summed E-state index contributed by atoms with van der Waals surface area (Å²) in [6.07, 6.45) is 6.95. The zero-order valence-corrected chi connectivity index (χ0v) is 18.9. The van der Waals surface area contributed by atoms with Crippen molar-refractivity contribution in [1.29, 1.82) is 0 Å². The van der Waals surface area contributed by atoms with E-state index in [4.69, 9.17) is 13.6 Å². The van der Waals surface area contributed by atoms with Gasteiger partial charge in [0.05, 0.1) is 6.61 Å². The first-order chi connectivity index (χ1) is 12.4. The number of thioether (sulfide) groups is 2. The highest BCUT2D eigenvalue weighted by Gasteiger charge is 2.26. The Bertz CT molecular complexity index is 439. The molecule has 0 radical (unpaired) electrons. The molecular weight excluding hydrogens is 395 g/mol. The molecule has 26 heavy (non-hydrogen) atoms. The van der Waals surface area contributed by atoms with Crippen molar-refractivity contribution in [2.75, 3.05) is 26.6 Å². The lowest BCUT2D eigenvalue weighted by Gasteiger charge is -2.18. The van der Waals surface area contributed by atoms with Gasteiger partial charge in [0.15, 0.2) is 10.2 Å². The quantitative estimate of drug-likeness (QED) is 0.237. The Morgan fingerprint density at radius 1 is 0.923 bits per heavy atom. The first-order valence-corrected chi connectivity index (χ1v) is 12.4. The van der Waals surface area contributed by atoms with Gasteiger partial charge in [-0.1, -0.05) is 63.1 Å². The van der Waals surface area contributed by atoms with Crippen molar-refractivity contribution >= 4 is 41.6 Å². The third-order valence-corrected chi connectivity index (χ3v) is 7.33. The highest BCUT2D eigenvalue weighted by Crippen LogP contribution is 2.48. The van der Waals surface area contributed by atoms with Crippen molar-refractivity contribution in [3.05, 3.63) is 0 Å². The zero-order chi connectivity index (χ0) is 19.8. The minimum Gasteiger partial charge on any atom is -0.290 e. The largest absolute Gasteiger partial charge is 0.474 e. The van der Waals surface area contributed by atoms with Gasteiger partial charge in [0, 0.05) is 38.1 Å². The second-order valence-electron chi connectivity index (χ2n) is 5.82. The number of hydrogen-bond donors (Lipinski definition) is 0. The molecule has 0 saturated heterocycles. The predicted molar refractivity (Wildman–Crippen MR) is 110 cm³/mol. The van der Waals surface area contributed by atoms with Gasteiger partial charge >= 0.3 is 7.82 Å². The molecule has 0 N–H and O–H groups in total. The molecule has 0 bridgehead atoms. The molecule has 0 aromatic carbocycles. The Kier molecular flexibility index (Phi) is 16.2. The summed E-state index contributed by atoms with van der Waals surface area (Å²) in [5.74, 6) is 0.433. The van der Waals surface area contributed by atoms with E-state index in [0.29, 0.717) is 18.6 Å². The lowest BCUT2D eigenvalue weighted by Crippen LogP contribution is -2.18. The SMILES string of the molecule is CCCCCC(=O)SC[C@H](COP(=O)(OC)OC)SC(=O)CCCCC. The number of unbranched alkanes of at least 4 members (excludes halogenated alkanes) is 4. The average molecular weight is 429 g/mol. The van der Waals surface area contributed by atoms with E-state index in [0.717, 1.165) is 50.3 Å². The van der Waals surface area contributed by atoms with Crippen LogP contribution >= 0.6 is 31.3 Å². The van der Waals surface area contributed by atoms with Crippen molar-refractivity contribution < 1.29 is 27.7 Å². The van der Waals surface area contributed by atoms with Crippen LogP contribution in [-0.4, -0.2) is 42.1 Å². The van der Waals surface area contributed by atoms with Gasteiger partial charge in [-0.25, -0.2) is 4.57 Å². The van der Waals surface area contributed by atoms with Crippen molar-refractivity contribution in [1.82, 2.24) is 0 Å². The van der Waals surface area contributed by atoms with Crippen LogP contribution in [0.15, 0.2) is 0 Å². The lowest BCUT2D eigenvalue weighted by molar-refractivity contribution is -0.112. The number of carbonyl (C=O) groups is 2. The molecule has 0 amide bonds. The molecule has 9 heteroatoms. The molecule has 0 rings (SSSR count). The predicted octanol–water partition coefficient (Wildman–Crippen LogP) is 5.45. The van der Waals surface area contributed by atoms with E-state index >= 15 is 0 Å². The Morgan fingerprint density at radius 2 is 1.46 bits per heavy atom. The number of carbonyl (C=O) groups excluding carboxylic acids is 2. The van der Waals surface area contributed by atoms with Gasteiger partial charge in [0.1, 0.15) is 0 Å². The second kappa shape index (κ2) is 16.1. The van der Waals surface area contributed by atoms with Gasteiger partial charge < -0.3 is 0 Å². The summed E-state index contributed by atoms with van der Waals surface area (Å²) in [6, 6.07) is 0. The van der Waals surface area contributed by atoms with Gasteiger partial charge in [-0.05, 0) is 12.8 Å². The number of phosphoric ester groups is 1. The smallest absolute Gasteiger partial charge is 0.290 e. The number of hydrogen-bond acceptors (Lipinski definition) is 8. The lowest BCUT2D eigenvalue weighted by atomic mass is 10.2. The Balaban J connectivity index is 4.54. The fraction of sp³-hybridized carbons (Fsp3) is 0.882. The summed E-state index contributed by atoms with van der Waals surface area (Å²) in [6.45, 7) is 4.20. The van der Waals surface area contributed by atoms with E-state index < -0.39 is 7.82 Å². The first-order valence-electron chi connectivity index (χ1n) is 9.11. The molecule has 1 atom stereocenters. The number of rotatable bonds is 16. The van der Waals surface area contributed by atoms with Gasteiger partial charge in [-0.15, -0.1) is 0 Å². The Hall–Kier alpha value is 0.150. The molecule has 0 fully saturated rings. The molecule has 6 nitrogen and oxygen atoms in total.